The summed E-state index contributed by atoms with van der Waals surface area (Å²) in [4.78, 5) is 0. The maximum Gasteiger partial charge on any atom is 0.153 e. The fourth-order valence-corrected chi connectivity index (χ4v) is 1.58. The van der Waals surface area contributed by atoms with Crippen LogP contribution < -0.4 is 10.5 Å². The number of para-hydroxylation sites is 1. The molecule has 2 aromatic rings. The first kappa shape index (κ1) is 9.58. The van der Waals surface area contributed by atoms with E-state index in [0.29, 0.717) is 5.82 Å². The average molecular weight is 203 g/mol. The summed E-state index contributed by atoms with van der Waals surface area (Å²) in [5.74, 6) is 1.32. The Bertz CT molecular complexity index is 476. The van der Waals surface area contributed by atoms with E-state index in [4.69, 9.17) is 10.5 Å². The number of hydrogen-bond donors (Lipinski definition) is 1. The summed E-state index contributed by atoms with van der Waals surface area (Å²) >= 11 is 0. The summed E-state index contributed by atoms with van der Waals surface area (Å²) in [5.41, 5.74) is 7.67. The molecule has 2 N–H and O–H groups in total. The first-order valence-electron chi connectivity index (χ1n) is 4.65. The fourth-order valence-electron chi connectivity index (χ4n) is 1.58. The number of nitrogen functional groups attached to an aromatic ring is 1. The van der Waals surface area contributed by atoms with Crippen LogP contribution in [0.3, 0.4) is 0 Å². The zero-order chi connectivity index (χ0) is 10.8. The van der Waals surface area contributed by atoms with E-state index in [0.717, 1.165) is 16.9 Å². The van der Waals surface area contributed by atoms with E-state index < -0.39 is 0 Å². The quantitative estimate of drug-likeness (QED) is 0.807. The third-order valence-corrected chi connectivity index (χ3v) is 2.25. The van der Waals surface area contributed by atoms with E-state index in [1.165, 1.54) is 0 Å². The number of rotatable bonds is 2. The van der Waals surface area contributed by atoms with Crippen LogP contribution in [0.4, 0.5) is 5.82 Å². The highest BCUT2D eigenvalue weighted by atomic mass is 16.5. The Hall–Kier alpha value is -1.97. The second kappa shape index (κ2) is 3.65. The van der Waals surface area contributed by atoms with Crippen LogP contribution in [0.5, 0.6) is 5.75 Å². The van der Waals surface area contributed by atoms with Gasteiger partial charge in [0.25, 0.3) is 0 Å². The average Bonchev–Trinajstić information content (AvgIpc) is 2.57. The Morgan fingerprint density at radius 3 is 2.60 bits per heavy atom. The number of aromatic nitrogens is 2. The van der Waals surface area contributed by atoms with Gasteiger partial charge in [0, 0.05) is 24.4 Å². The predicted octanol–water partition coefficient (Wildman–Crippen LogP) is 1.68. The van der Waals surface area contributed by atoms with Gasteiger partial charge in [0.05, 0.1) is 7.11 Å². The van der Waals surface area contributed by atoms with Gasteiger partial charge in [-0.2, -0.15) is 5.10 Å². The molecule has 0 saturated heterocycles. The van der Waals surface area contributed by atoms with Crippen molar-refractivity contribution in [1.82, 2.24) is 9.78 Å². The van der Waals surface area contributed by atoms with Crippen molar-refractivity contribution < 1.29 is 4.74 Å². The fraction of sp³-hybridized carbons (Fsp3) is 0.182. The third kappa shape index (κ3) is 1.66. The van der Waals surface area contributed by atoms with Gasteiger partial charge in [-0.1, -0.05) is 18.2 Å². The molecule has 0 aliphatic carbocycles. The van der Waals surface area contributed by atoms with Gasteiger partial charge in [-0.15, -0.1) is 0 Å². The first-order valence-corrected chi connectivity index (χ1v) is 4.65. The van der Waals surface area contributed by atoms with Crippen LogP contribution in [0.1, 0.15) is 0 Å². The van der Waals surface area contributed by atoms with E-state index in [2.05, 4.69) is 5.10 Å². The molecule has 1 aromatic heterocycles. The normalized spacial score (nSPS) is 10.3. The summed E-state index contributed by atoms with van der Waals surface area (Å²) in [6.45, 7) is 0. The van der Waals surface area contributed by atoms with Gasteiger partial charge in [-0.25, -0.2) is 0 Å². The highest BCUT2D eigenvalue weighted by molar-refractivity contribution is 5.77. The molecule has 1 aromatic carbocycles. The van der Waals surface area contributed by atoms with Crippen LogP contribution in [0.2, 0.25) is 0 Å². The minimum Gasteiger partial charge on any atom is -0.496 e. The summed E-state index contributed by atoms with van der Waals surface area (Å²) in [5, 5.41) is 4.10. The zero-order valence-electron chi connectivity index (χ0n) is 8.77. The lowest BCUT2D eigenvalue weighted by Gasteiger charge is -2.06. The summed E-state index contributed by atoms with van der Waals surface area (Å²) in [6, 6.07) is 7.74. The smallest absolute Gasteiger partial charge is 0.153 e. The van der Waals surface area contributed by atoms with Gasteiger partial charge in [0.15, 0.2) is 5.82 Å². The summed E-state index contributed by atoms with van der Waals surface area (Å²) in [7, 11) is 3.49. The van der Waals surface area contributed by atoms with Gasteiger partial charge in [0.1, 0.15) is 5.75 Å². The molecule has 4 heteroatoms. The molecule has 15 heavy (non-hydrogen) atoms. The number of ether oxygens (including phenoxy) is 1. The molecule has 0 bridgehead atoms. The molecule has 0 spiro atoms. The maximum absolute atomic E-state index is 5.81. The van der Waals surface area contributed by atoms with Crippen molar-refractivity contribution in [3.8, 4) is 16.9 Å². The third-order valence-electron chi connectivity index (χ3n) is 2.25. The van der Waals surface area contributed by atoms with E-state index in [1.54, 1.807) is 11.8 Å². The number of nitrogens with zero attached hydrogens (tertiary/aromatic N) is 2. The van der Waals surface area contributed by atoms with Crippen molar-refractivity contribution in [2.45, 2.75) is 0 Å². The molecule has 4 nitrogen and oxygen atoms in total. The summed E-state index contributed by atoms with van der Waals surface area (Å²) < 4.78 is 6.96. The highest BCUT2D eigenvalue weighted by Gasteiger charge is 2.10. The Kier molecular flexibility index (Phi) is 2.33. The van der Waals surface area contributed by atoms with Gasteiger partial charge < -0.3 is 10.5 Å². The Morgan fingerprint density at radius 1 is 1.27 bits per heavy atom. The van der Waals surface area contributed by atoms with Crippen LogP contribution in [0.15, 0.2) is 30.5 Å². The Labute approximate surface area is 88.3 Å². The van der Waals surface area contributed by atoms with Gasteiger partial charge >= 0.3 is 0 Å². The number of nitrogens with two attached hydrogens (primary N) is 1. The lowest BCUT2D eigenvalue weighted by Crippen LogP contribution is -1.91. The standard InChI is InChI=1S/C11H13N3O/c1-14-7-9(11(12)13-14)8-5-3-4-6-10(8)15-2/h3-7H,1-2H3,(H2,12,13). The van der Waals surface area contributed by atoms with Gasteiger partial charge in [0.2, 0.25) is 0 Å². The highest BCUT2D eigenvalue weighted by Crippen LogP contribution is 2.32. The van der Waals surface area contributed by atoms with Crippen LogP contribution in [0, 0.1) is 0 Å². The van der Waals surface area contributed by atoms with Crippen molar-refractivity contribution >= 4 is 5.82 Å². The largest absolute Gasteiger partial charge is 0.496 e. The molecule has 0 saturated carbocycles. The van der Waals surface area contributed by atoms with Crippen LogP contribution >= 0.6 is 0 Å². The van der Waals surface area contributed by atoms with E-state index in [1.807, 2.05) is 37.5 Å². The lowest BCUT2D eigenvalue weighted by molar-refractivity contribution is 0.416. The summed E-state index contributed by atoms with van der Waals surface area (Å²) in [6.07, 6.45) is 1.88. The molecular formula is C11H13N3O. The second-order valence-corrected chi connectivity index (χ2v) is 3.30. The molecule has 0 atom stereocenters. The SMILES string of the molecule is COc1ccccc1-c1cn(C)nc1N. The molecule has 0 fully saturated rings. The van der Waals surface area contributed by atoms with Crippen LogP contribution in [-0.2, 0) is 7.05 Å². The topological polar surface area (TPSA) is 53.1 Å². The molecule has 78 valence electrons. The number of hydrogen-bond acceptors (Lipinski definition) is 3. The van der Waals surface area contributed by atoms with Crippen LogP contribution in [0.25, 0.3) is 11.1 Å². The molecule has 1 heterocycles. The van der Waals surface area contributed by atoms with Crippen molar-refractivity contribution in [3.63, 3.8) is 0 Å². The van der Waals surface area contributed by atoms with E-state index in [-0.39, 0.29) is 0 Å². The number of benzene rings is 1. The van der Waals surface area contributed by atoms with Crippen molar-refractivity contribution in [2.24, 2.45) is 7.05 Å². The minimum atomic E-state index is 0.516. The monoisotopic (exact) mass is 203 g/mol. The maximum atomic E-state index is 5.81. The molecular weight excluding hydrogens is 190 g/mol. The Balaban J connectivity index is 2.58. The van der Waals surface area contributed by atoms with E-state index >= 15 is 0 Å². The molecule has 0 aliphatic rings. The lowest BCUT2D eigenvalue weighted by atomic mass is 10.1. The molecule has 0 amide bonds. The van der Waals surface area contributed by atoms with Crippen LogP contribution in [-0.4, -0.2) is 16.9 Å². The molecule has 0 radical (unpaired) electrons. The van der Waals surface area contributed by atoms with Crippen molar-refractivity contribution in [2.75, 3.05) is 12.8 Å². The molecule has 2 rings (SSSR count). The first-order chi connectivity index (χ1) is 7.22. The molecule has 0 unspecified atom stereocenters. The predicted molar refractivity (Wildman–Crippen MR) is 59.6 cm³/mol. The number of aryl methyl sites for hydroxylation is 1. The van der Waals surface area contributed by atoms with Crippen molar-refractivity contribution in [3.05, 3.63) is 30.5 Å². The second-order valence-electron chi connectivity index (χ2n) is 3.30. The minimum absolute atomic E-state index is 0.516. The number of methoxy groups -OCH3 is 1. The number of anilines is 1. The van der Waals surface area contributed by atoms with Gasteiger partial charge in [-0.3, -0.25) is 4.68 Å². The van der Waals surface area contributed by atoms with Crippen molar-refractivity contribution in [1.29, 1.82) is 0 Å². The van der Waals surface area contributed by atoms with Gasteiger partial charge in [-0.05, 0) is 6.07 Å². The Morgan fingerprint density at radius 2 is 2.00 bits per heavy atom. The van der Waals surface area contributed by atoms with E-state index in [9.17, 15) is 0 Å². The zero-order valence-corrected chi connectivity index (χ0v) is 8.77. The molecule has 0 aliphatic heterocycles.